The van der Waals surface area contributed by atoms with Gasteiger partial charge in [0, 0.05) is 20.4 Å². The molecule has 0 aromatic heterocycles. The van der Waals surface area contributed by atoms with Gasteiger partial charge in [-0.3, -0.25) is 15.5 Å². The lowest BCUT2D eigenvalue weighted by molar-refractivity contribution is 0.104. The fraction of sp³-hybridized carbons (Fsp3) is 0.185. The lowest BCUT2D eigenvalue weighted by atomic mass is 9.95. The maximum absolute atomic E-state index is 11.9. The number of hydrogen-bond acceptors (Lipinski definition) is 4. The smallest absolute Gasteiger partial charge is 0.189 e. The minimum Gasteiger partial charge on any atom is -0.392 e. The van der Waals surface area contributed by atoms with Gasteiger partial charge in [-0.05, 0) is 59.6 Å². The van der Waals surface area contributed by atoms with Gasteiger partial charge in [0.15, 0.2) is 5.78 Å². The van der Waals surface area contributed by atoms with E-state index in [-0.39, 0.29) is 15.2 Å². The molecule has 0 aliphatic heterocycles. The Morgan fingerprint density at radius 1 is 0.935 bits per heavy atom. The van der Waals surface area contributed by atoms with Crippen molar-refractivity contribution in [2.75, 3.05) is 5.48 Å². The van der Waals surface area contributed by atoms with Crippen LogP contribution in [0.25, 0.3) is 0 Å². The first-order valence-electron chi connectivity index (χ1n) is 10.5. The SMILES string of the molecule is O=C(C1=C[CH]1)c1ccc(CC2Cc3ccc(NO)cc3C2)cc1.OCc1ccccc1.[HH].[HH]. The van der Waals surface area contributed by atoms with Crippen LogP contribution in [0, 0.1) is 12.3 Å². The summed E-state index contributed by atoms with van der Waals surface area (Å²) in [5.41, 5.74) is 9.47. The molecule has 4 heteroatoms. The standard InChI is InChI=1S/C20H18NO2.C7H8O.2H2/c22-20(16-5-6-16)15-3-1-13(2-4-15)9-14-10-17-7-8-19(21-23)12-18(17)11-14;8-6-7-4-2-1-3-5-7;;/h1-8,12,14,21,23H,9-11H2;1-5,8H,6H2;2*1H. The summed E-state index contributed by atoms with van der Waals surface area (Å²) in [6.45, 7) is 0.140. The summed E-state index contributed by atoms with van der Waals surface area (Å²) in [5, 5.41) is 17.5. The van der Waals surface area contributed by atoms with E-state index in [1.54, 1.807) is 0 Å². The number of carbonyl (C=O) groups is 1. The number of rotatable bonds is 6. The molecular formula is C27H30NO3. The molecule has 1 unspecified atom stereocenters. The van der Waals surface area contributed by atoms with Crippen molar-refractivity contribution in [1.29, 1.82) is 0 Å². The molecule has 5 rings (SSSR count). The van der Waals surface area contributed by atoms with Crippen LogP contribution in [-0.4, -0.2) is 16.1 Å². The topological polar surface area (TPSA) is 69.6 Å². The zero-order valence-corrected chi connectivity index (χ0v) is 17.3. The van der Waals surface area contributed by atoms with Crippen LogP contribution in [0.2, 0.25) is 0 Å². The Bertz CT molecular complexity index is 1080. The average molecular weight is 417 g/mol. The van der Waals surface area contributed by atoms with Crippen LogP contribution in [0.4, 0.5) is 5.69 Å². The third-order valence-electron chi connectivity index (χ3n) is 5.71. The number of anilines is 1. The maximum Gasteiger partial charge on any atom is 0.189 e. The molecule has 2 aliphatic rings. The Kier molecular flexibility index (Phi) is 6.60. The fourth-order valence-corrected chi connectivity index (χ4v) is 3.99. The summed E-state index contributed by atoms with van der Waals surface area (Å²) in [6, 6.07) is 23.6. The zero-order chi connectivity index (χ0) is 21.6. The highest BCUT2D eigenvalue weighted by Gasteiger charge is 2.22. The lowest BCUT2D eigenvalue weighted by Crippen LogP contribution is -2.04. The summed E-state index contributed by atoms with van der Waals surface area (Å²) in [4.78, 5) is 11.9. The molecule has 0 amide bonds. The number of fused-ring (bicyclic) bond motifs is 1. The molecular weight excluding hydrogens is 386 g/mol. The van der Waals surface area contributed by atoms with Gasteiger partial charge in [-0.2, -0.15) is 0 Å². The first-order chi connectivity index (χ1) is 15.2. The number of Topliss-reactive ketones (excluding diaryl/α,β-unsaturated/α-hetero) is 1. The summed E-state index contributed by atoms with van der Waals surface area (Å²) in [5.74, 6) is 0.703. The van der Waals surface area contributed by atoms with Crippen molar-refractivity contribution in [3.8, 4) is 0 Å². The maximum atomic E-state index is 11.9. The molecule has 1 atom stereocenters. The number of hydrogen-bond donors (Lipinski definition) is 3. The van der Waals surface area contributed by atoms with Crippen molar-refractivity contribution in [1.82, 2.24) is 0 Å². The number of nitrogens with one attached hydrogen (secondary N) is 1. The second-order valence-corrected chi connectivity index (χ2v) is 8.03. The molecule has 3 aromatic carbocycles. The van der Waals surface area contributed by atoms with Crippen molar-refractivity contribution in [2.24, 2.45) is 5.92 Å². The van der Waals surface area contributed by atoms with Gasteiger partial charge in [-0.15, -0.1) is 0 Å². The van der Waals surface area contributed by atoms with Gasteiger partial charge in [0.05, 0.1) is 12.3 Å². The second-order valence-electron chi connectivity index (χ2n) is 8.03. The highest BCUT2D eigenvalue weighted by molar-refractivity contribution is 6.13. The Morgan fingerprint density at radius 2 is 1.65 bits per heavy atom. The number of allylic oxidation sites excluding steroid dienone is 2. The quantitative estimate of drug-likeness (QED) is 0.369. The molecule has 0 fully saturated rings. The summed E-state index contributed by atoms with van der Waals surface area (Å²) in [6.07, 6.45) is 6.82. The number of aliphatic hydroxyl groups excluding tert-OH is 1. The van der Waals surface area contributed by atoms with Gasteiger partial charge < -0.3 is 5.11 Å². The monoisotopic (exact) mass is 416 g/mol. The van der Waals surface area contributed by atoms with Crippen molar-refractivity contribution < 1.29 is 18.0 Å². The minimum absolute atomic E-state index is 0. The molecule has 2 aliphatic carbocycles. The molecule has 0 saturated carbocycles. The van der Waals surface area contributed by atoms with E-state index in [1.165, 1.54) is 16.7 Å². The number of aliphatic hydroxyl groups is 1. The summed E-state index contributed by atoms with van der Waals surface area (Å²) in [7, 11) is 0. The predicted molar refractivity (Wildman–Crippen MR) is 126 cm³/mol. The van der Waals surface area contributed by atoms with Crippen LogP contribution in [-0.2, 0) is 25.9 Å². The Hall–Kier alpha value is -3.21. The average Bonchev–Trinajstić information content (AvgIpc) is 3.60. The molecule has 0 spiro atoms. The van der Waals surface area contributed by atoms with Crippen LogP contribution in [0.5, 0.6) is 0 Å². The van der Waals surface area contributed by atoms with Crippen LogP contribution in [0.3, 0.4) is 0 Å². The van der Waals surface area contributed by atoms with Crippen LogP contribution in [0.15, 0.2) is 84.4 Å². The molecule has 0 bridgehead atoms. The van der Waals surface area contributed by atoms with Gasteiger partial charge in [0.25, 0.3) is 0 Å². The first kappa shape index (κ1) is 21.0. The zero-order valence-electron chi connectivity index (χ0n) is 17.3. The summed E-state index contributed by atoms with van der Waals surface area (Å²) < 4.78 is 0. The lowest BCUT2D eigenvalue weighted by Gasteiger charge is -2.09. The van der Waals surface area contributed by atoms with Gasteiger partial charge >= 0.3 is 0 Å². The number of benzene rings is 3. The van der Waals surface area contributed by atoms with Gasteiger partial charge in [-0.25, -0.2) is 0 Å². The van der Waals surface area contributed by atoms with Gasteiger partial charge in [0.1, 0.15) is 0 Å². The Morgan fingerprint density at radius 3 is 2.26 bits per heavy atom. The van der Waals surface area contributed by atoms with E-state index < -0.39 is 0 Å². The van der Waals surface area contributed by atoms with E-state index in [2.05, 4.69) is 23.7 Å². The van der Waals surface area contributed by atoms with Crippen molar-refractivity contribution in [2.45, 2.75) is 25.9 Å². The minimum atomic E-state index is 0. The molecule has 4 nitrogen and oxygen atoms in total. The molecule has 1 radical (unpaired) electrons. The normalized spacial score (nSPS) is 15.9. The first-order valence-corrected chi connectivity index (χ1v) is 10.5. The Balaban J connectivity index is 0.000000331. The van der Waals surface area contributed by atoms with Crippen LogP contribution in [0.1, 0.15) is 35.5 Å². The largest absolute Gasteiger partial charge is 0.392 e. The third-order valence-corrected chi connectivity index (χ3v) is 5.71. The van der Waals surface area contributed by atoms with Crippen molar-refractivity contribution in [3.63, 3.8) is 0 Å². The molecule has 31 heavy (non-hydrogen) atoms. The third kappa shape index (κ3) is 5.48. The molecule has 0 heterocycles. The highest BCUT2D eigenvalue weighted by atomic mass is 16.5. The highest BCUT2D eigenvalue weighted by Crippen LogP contribution is 2.31. The van der Waals surface area contributed by atoms with Gasteiger partial charge in [0.2, 0.25) is 0 Å². The van der Waals surface area contributed by atoms with Crippen LogP contribution >= 0.6 is 0 Å². The van der Waals surface area contributed by atoms with E-state index >= 15 is 0 Å². The second kappa shape index (κ2) is 9.73. The van der Waals surface area contributed by atoms with E-state index in [9.17, 15) is 4.79 Å². The van der Waals surface area contributed by atoms with Crippen molar-refractivity contribution >= 4 is 11.5 Å². The van der Waals surface area contributed by atoms with E-state index in [1.807, 2.05) is 67.1 Å². The van der Waals surface area contributed by atoms with E-state index in [0.717, 1.165) is 41.6 Å². The molecule has 161 valence electrons. The fourth-order valence-electron chi connectivity index (χ4n) is 3.99. The van der Waals surface area contributed by atoms with E-state index in [4.69, 9.17) is 10.3 Å². The van der Waals surface area contributed by atoms with Crippen molar-refractivity contribution in [3.05, 3.63) is 119 Å². The van der Waals surface area contributed by atoms with E-state index in [0.29, 0.717) is 5.92 Å². The number of carbonyl (C=O) groups excluding carboxylic acids is 1. The molecule has 0 saturated heterocycles. The molecule has 3 N–H and O–H groups in total. The van der Waals surface area contributed by atoms with Gasteiger partial charge in [-0.1, -0.05) is 66.7 Å². The summed E-state index contributed by atoms with van der Waals surface area (Å²) >= 11 is 0. The molecule has 3 aromatic rings. The number of ketones is 1. The predicted octanol–water partition coefficient (Wildman–Crippen LogP) is 5.44. The van der Waals surface area contributed by atoms with Crippen LogP contribution < -0.4 is 5.48 Å². The Labute approximate surface area is 185 Å².